The van der Waals surface area contributed by atoms with E-state index in [0.29, 0.717) is 5.92 Å². The maximum Gasteiger partial charge on any atom is 0.123 e. The third-order valence-electron chi connectivity index (χ3n) is 3.24. The second-order valence-corrected chi connectivity index (χ2v) is 5.09. The van der Waals surface area contributed by atoms with Crippen molar-refractivity contribution in [1.82, 2.24) is 4.90 Å². The van der Waals surface area contributed by atoms with E-state index in [1.54, 1.807) is 0 Å². The van der Waals surface area contributed by atoms with Gasteiger partial charge in [0.25, 0.3) is 0 Å². The third-order valence-corrected chi connectivity index (χ3v) is 3.24. The molecule has 18 heavy (non-hydrogen) atoms. The summed E-state index contributed by atoms with van der Waals surface area (Å²) in [4.78, 5) is 2.18. The zero-order valence-corrected chi connectivity index (χ0v) is 12.0. The quantitative estimate of drug-likeness (QED) is 0.761. The van der Waals surface area contributed by atoms with Crippen LogP contribution in [0.5, 0.6) is 0 Å². The van der Waals surface area contributed by atoms with Crippen LogP contribution in [-0.4, -0.2) is 18.0 Å². The lowest BCUT2D eigenvalue weighted by atomic mass is 9.99. The molecule has 0 saturated heterocycles. The molecule has 1 rings (SSSR count). The molecule has 0 radical (unpaired) electrons. The van der Waals surface area contributed by atoms with E-state index in [1.165, 1.54) is 5.56 Å². The molecule has 1 aromatic carbocycles. The molecule has 0 aliphatic rings. The van der Waals surface area contributed by atoms with Gasteiger partial charge in [-0.05, 0) is 36.6 Å². The Hall–Kier alpha value is -1.33. The molecule has 0 heterocycles. The van der Waals surface area contributed by atoms with Crippen LogP contribution in [0.3, 0.4) is 0 Å². The van der Waals surface area contributed by atoms with Gasteiger partial charge in [0.1, 0.15) is 6.04 Å². The van der Waals surface area contributed by atoms with Crippen LogP contribution in [0.2, 0.25) is 0 Å². The van der Waals surface area contributed by atoms with E-state index in [2.05, 4.69) is 62.9 Å². The minimum Gasteiger partial charge on any atom is -0.285 e. The van der Waals surface area contributed by atoms with Gasteiger partial charge in [0.15, 0.2) is 0 Å². The Morgan fingerprint density at radius 1 is 1.11 bits per heavy atom. The van der Waals surface area contributed by atoms with Crippen molar-refractivity contribution in [2.45, 2.75) is 40.2 Å². The number of nitrogens with zero attached hydrogens (tertiary/aromatic N) is 2. The lowest BCUT2D eigenvalue weighted by molar-refractivity contribution is 0.262. The van der Waals surface area contributed by atoms with Gasteiger partial charge in [-0.1, -0.05) is 52.0 Å². The minimum absolute atomic E-state index is 0.118. The summed E-state index contributed by atoms with van der Waals surface area (Å²) in [7, 11) is 0. The molecule has 1 unspecified atom stereocenters. The number of benzene rings is 1. The Bertz CT molecular complexity index is 383. The smallest absolute Gasteiger partial charge is 0.123 e. The van der Waals surface area contributed by atoms with Crippen molar-refractivity contribution in [3.05, 3.63) is 35.4 Å². The van der Waals surface area contributed by atoms with Crippen molar-refractivity contribution in [2.24, 2.45) is 5.92 Å². The van der Waals surface area contributed by atoms with Gasteiger partial charge < -0.3 is 0 Å². The molecular weight excluding hydrogens is 220 g/mol. The zero-order valence-electron chi connectivity index (χ0n) is 12.0. The number of hydrogen-bond acceptors (Lipinski definition) is 2. The van der Waals surface area contributed by atoms with E-state index in [0.717, 1.165) is 25.1 Å². The van der Waals surface area contributed by atoms with Gasteiger partial charge in [-0.3, -0.25) is 4.90 Å². The third kappa shape index (κ3) is 3.85. The first-order chi connectivity index (χ1) is 8.62. The van der Waals surface area contributed by atoms with Gasteiger partial charge in [-0.25, -0.2) is 0 Å². The Morgan fingerprint density at radius 3 is 2.06 bits per heavy atom. The van der Waals surface area contributed by atoms with Gasteiger partial charge in [0, 0.05) is 0 Å². The van der Waals surface area contributed by atoms with Crippen molar-refractivity contribution in [2.75, 3.05) is 13.1 Å². The maximum atomic E-state index is 9.34. The van der Waals surface area contributed by atoms with E-state index < -0.39 is 0 Å². The maximum absolute atomic E-state index is 9.34. The molecule has 0 N–H and O–H groups in total. The van der Waals surface area contributed by atoms with Gasteiger partial charge in [0.05, 0.1) is 6.07 Å². The highest BCUT2D eigenvalue weighted by molar-refractivity contribution is 5.28. The SMILES string of the molecule is CCN(CC)C(C#N)c1ccc(CC(C)C)cc1. The second-order valence-electron chi connectivity index (χ2n) is 5.09. The number of nitriles is 1. The van der Waals surface area contributed by atoms with Crippen LogP contribution in [0, 0.1) is 17.2 Å². The van der Waals surface area contributed by atoms with Crippen LogP contribution < -0.4 is 0 Å². The molecule has 1 aromatic rings. The highest BCUT2D eigenvalue weighted by Crippen LogP contribution is 2.20. The molecule has 98 valence electrons. The average Bonchev–Trinajstić information content (AvgIpc) is 2.36. The average molecular weight is 244 g/mol. The summed E-state index contributed by atoms with van der Waals surface area (Å²) in [6.07, 6.45) is 1.10. The Labute approximate surface area is 111 Å². The summed E-state index contributed by atoms with van der Waals surface area (Å²) < 4.78 is 0. The van der Waals surface area contributed by atoms with E-state index in [9.17, 15) is 5.26 Å². The van der Waals surface area contributed by atoms with Crippen molar-refractivity contribution in [1.29, 1.82) is 5.26 Å². The largest absolute Gasteiger partial charge is 0.285 e. The first-order valence-corrected chi connectivity index (χ1v) is 6.84. The van der Waals surface area contributed by atoms with E-state index in [1.807, 2.05) is 0 Å². The van der Waals surface area contributed by atoms with Crippen LogP contribution in [0.4, 0.5) is 0 Å². The normalized spacial score (nSPS) is 12.7. The zero-order chi connectivity index (χ0) is 13.5. The van der Waals surface area contributed by atoms with Crippen LogP contribution in [-0.2, 0) is 6.42 Å². The lowest BCUT2D eigenvalue weighted by Crippen LogP contribution is -2.27. The first-order valence-electron chi connectivity index (χ1n) is 6.84. The fourth-order valence-electron chi connectivity index (χ4n) is 2.26. The van der Waals surface area contributed by atoms with E-state index >= 15 is 0 Å². The molecule has 0 aromatic heterocycles. The molecule has 0 aliphatic heterocycles. The standard InChI is InChI=1S/C16H24N2/c1-5-18(6-2)16(12-17)15-9-7-14(8-10-15)11-13(3)4/h7-10,13,16H,5-6,11H2,1-4H3. The molecule has 0 aliphatic carbocycles. The molecule has 0 amide bonds. The molecule has 2 nitrogen and oxygen atoms in total. The number of hydrogen-bond donors (Lipinski definition) is 0. The monoisotopic (exact) mass is 244 g/mol. The molecule has 2 heteroatoms. The molecule has 1 atom stereocenters. The Morgan fingerprint density at radius 2 is 1.67 bits per heavy atom. The van der Waals surface area contributed by atoms with Crippen molar-refractivity contribution < 1.29 is 0 Å². The summed E-state index contributed by atoms with van der Waals surface area (Å²) in [5.74, 6) is 0.672. The second kappa shape index (κ2) is 7.18. The lowest BCUT2D eigenvalue weighted by Gasteiger charge is -2.24. The molecule has 0 fully saturated rings. The number of rotatable bonds is 6. The predicted octanol–water partition coefficient (Wildman–Crippen LogP) is 3.79. The van der Waals surface area contributed by atoms with E-state index in [4.69, 9.17) is 0 Å². The summed E-state index contributed by atoms with van der Waals surface area (Å²) in [5.41, 5.74) is 2.46. The molecule has 0 saturated carbocycles. The summed E-state index contributed by atoms with van der Waals surface area (Å²) in [6.45, 7) is 10.5. The van der Waals surface area contributed by atoms with Gasteiger partial charge in [-0.2, -0.15) is 5.26 Å². The molecule has 0 bridgehead atoms. The summed E-state index contributed by atoms with van der Waals surface area (Å²) >= 11 is 0. The topological polar surface area (TPSA) is 27.0 Å². The summed E-state index contributed by atoms with van der Waals surface area (Å²) in [5, 5.41) is 9.34. The molecule has 0 spiro atoms. The highest BCUT2D eigenvalue weighted by atomic mass is 15.1. The van der Waals surface area contributed by atoms with Crippen LogP contribution in [0.1, 0.15) is 44.9 Å². The predicted molar refractivity (Wildman–Crippen MR) is 76.3 cm³/mol. The van der Waals surface area contributed by atoms with Crippen LogP contribution in [0.15, 0.2) is 24.3 Å². The van der Waals surface area contributed by atoms with Crippen LogP contribution in [0.25, 0.3) is 0 Å². The minimum atomic E-state index is -0.118. The van der Waals surface area contributed by atoms with Crippen molar-refractivity contribution in [3.63, 3.8) is 0 Å². The van der Waals surface area contributed by atoms with Gasteiger partial charge in [-0.15, -0.1) is 0 Å². The highest BCUT2D eigenvalue weighted by Gasteiger charge is 2.16. The van der Waals surface area contributed by atoms with Crippen molar-refractivity contribution >= 4 is 0 Å². The Balaban J connectivity index is 2.85. The Kier molecular flexibility index (Phi) is 5.88. The summed E-state index contributed by atoms with van der Waals surface area (Å²) in [6, 6.07) is 10.8. The van der Waals surface area contributed by atoms with Gasteiger partial charge in [0.2, 0.25) is 0 Å². The van der Waals surface area contributed by atoms with Crippen molar-refractivity contribution in [3.8, 4) is 6.07 Å². The van der Waals surface area contributed by atoms with Crippen LogP contribution >= 0.6 is 0 Å². The first kappa shape index (κ1) is 14.7. The fourth-order valence-corrected chi connectivity index (χ4v) is 2.26. The molecular formula is C16H24N2. The fraction of sp³-hybridized carbons (Fsp3) is 0.562. The van der Waals surface area contributed by atoms with Gasteiger partial charge >= 0.3 is 0 Å². The van der Waals surface area contributed by atoms with E-state index in [-0.39, 0.29) is 6.04 Å².